The fourth-order valence-corrected chi connectivity index (χ4v) is 3.04. The largest absolute Gasteiger partial charge is 0.439 e. The van der Waals surface area contributed by atoms with Crippen LogP contribution < -0.4 is 10.2 Å². The lowest BCUT2D eigenvalue weighted by molar-refractivity contribution is 0.0366. The maximum Gasteiger partial charge on any atom is 0.415 e. The van der Waals surface area contributed by atoms with Crippen LogP contribution in [0.5, 0.6) is 0 Å². The minimum absolute atomic E-state index is 0.204. The molecular formula is C15H20N2O2. The van der Waals surface area contributed by atoms with E-state index < -0.39 is 0 Å². The smallest absolute Gasteiger partial charge is 0.415 e. The number of hydrogen-bond donors (Lipinski definition) is 1. The van der Waals surface area contributed by atoms with Crippen molar-refractivity contribution in [3.8, 4) is 0 Å². The number of piperidine rings is 1. The van der Waals surface area contributed by atoms with Crippen LogP contribution in [0.4, 0.5) is 10.5 Å². The van der Waals surface area contributed by atoms with Gasteiger partial charge in [-0.15, -0.1) is 0 Å². The number of anilines is 1. The van der Waals surface area contributed by atoms with Crippen molar-refractivity contribution in [1.29, 1.82) is 0 Å². The van der Waals surface area contributed by atoms with E-state index in [0.717, 1.165) is 38.0 Å². The van der Waals surface area contributed by atoms with Crippen LogP contribution in [0.2, 0.25) is 0 Å². The molecule has 2 fully saturated rings. The third-order valence-electron chi connectivity index (χ3n) is 4.07. The van der Waals surface area contributed by atoms with Crippen molar-refractivity contribution >= 4 is 11.8 Å². The van der Waals surface area contributed by atoms with Crippen LogP contribution in [-0.2, 0) is 11.2 Å². The zero-order valence-corrected chi connectivity index (χ0v) is 11.3. The molecule has 1 aromatic rings. The van der Waals surface area contributed by atoms with E-state index in [-0.39, 0.29) is 11.7 Å². The van der Waals surface area contributed by atoms with Gasteiger partial charge in [0.1, 0.15) is 5.60 Å². The number of aryl methyl sites for hydroxylation is 1. The van der Waals surface area contributed by atoms with Crippen molar-refractivity contribution in [2.45, 2.75) is 31.8 Å². The lowest BCUT2D eigenvalue weighted by atomic mass is 9.94. The number of nitrogens with zero attached hydrogens (tertiary/aromatic N) is 1. The summed E-state index contributed by atoms with van der Waals surface area (Å²) in [6, 6.07) is 8.08. The minimum Gasteiger partial charge on any atom is -0.439 e. The fraction of sp³-hybridized carbons (Fsp3) is 0.533. The van der Waals surface area contributed by atoms with Gasteiger partial charge in [0, 0.05) is 6.54 Å². The monoisotopic (exact) mass is 260 g/mol. The molecule has 1 spiro atoms. The molecule has 102 valence electrons. The quantitative estimate of drug-likeness (QED) is 0.887. The molecule has 4 nitrogen and oxygen atoms in total. The van der Waals surface area contributed by atoms with Crippen molar-refractivity contribution in [2.24, 2.45) is 0 Å². The molecule has 0 bridgehead atoms. The molecule has 2 saturated heterocycles. The van der Waals surface area contributed by atoms with Crippen LogP contribution in [-0.4, -0.2) is 31.3 Å². The lowest BCUT2D eigenvalue weighted by Crippen LogP contribution is -2.48. The first kappa shape index (κ1) is 12.5. The van der Waals surface area contributed by atoms with Crippen molar-refractivity contribution in [3.05, 3.63) is 29.8 Å². The average Bonchev–Trinajstić information content (AvgIpc) is 2.76. The molecule has 1 atom stereocenters. The molecule has 1 unspecified atom stereocenters. The Morgan fingerprint density at radius 1 is 1.42 bits per heavy atom. The number of carbonyl (C=O) groups is 1. The van der Waals surface area contributed by atoms with E-state index in [1.165, 1.54) is 5.56 Å². The van der Waals surface area contributed by atoms with Crippen LogP contribution in [0, 0.1) is 0 Å². The first-order valence-corrected chi connectivity index (χ1v) is 7.03. The average molecular weight is 260 g/mol. The van der Waals surface area contributed by atoms with Gasteiger partial charge in [-0.2, -0.15) is 0 Å². The highest BCUT2D eigenvalue weighted by molar-refractivity contribution is 5.91. The molecule has 3 rings (SSSR count). The van der Waals surface area contributed by atoms with Crippen LogP contribution in [0.25, 0.3) is 0 Å². The Hall–Kier alpha value is -1.55. The molecule has 1 aromatic carbocycles. The fourth-order valence-electron chi connectivity index (χ4n) is 3.04. The summed E-state index contributed by atoms with van der Waals surface area (Å²) in [7, 11) is 0. The SMILES string of the molecule is CCc1ccccc1N1CC2(CCCNC2)OC1=O. The van der Waals surface area contributed by atoms with Gasteiger partial charge in [-0.25, -0.2) is 4.79 Å². The first-order valence-electron chi connectivity index (χ1n) is 7.03. The molecule has 19 heavy (non-hydrogen) atoms. The minimum atomic E-state index is -0.323. The van der Waals surface area contributed by atoms with Crippen LogP contribution >= 0.6 is 0 Å². The van der Waals surface area contributed by atoms with Gasteiger partial charge in [0.25, 0.3) is 0 Å². The molecule has 1 N–H and O–H groups in total. The third kappa shape index (κ3) is 2.21. The van der Waals surface area contributed by atoms with Crippen LogP contribution in [0.15, 0.2) is 24.3 Å². The summed E-state index contributed by atoms with van der Waals surface area (Å²) in [4.78, 5) is 14.0. The summed E-state index contributed by atoms with van der Waals surface area (Å²) < 4.78 is 5.68. The third-order valence-corrected chi connectivity index (χ3v) is 4.07. The number of benzene rings is 1. The van der Waals surface area contributed by atoms with Gasteiger partial charge in [-0.1, -0.05) is 25.1 Å². The van der Waals surface area contributed by atoms with E-state index in [4.69, 9.17) is 4.74 Å². The predicted molar refractivity (Wildman–Crippen MR) is 74.5 cm³/mol. The Morgan fingerprint density at radius 3 is 3.00 bits per heavy atom. The first-order chi connectivity index (χ1) is 9.24. The predicted octanol–water partition coefficient (Wildman–Crippen LogP) is 2.33. The van der Waals surface area contributed by atoms with Crippen molar-refractivity contribution in [1.82, 2.24) is 5.32 Å². The van der Waals surface area contributed by atoms with E-state index in [1.807, 2.05) is 18.2 Å². The van der Waals surface area contributed by atoms with Gasteiger partial charge < -0.3 is 10.1 Å². The topological polar surface area (TPSA) is 41.6 Å². The summed E-state index contributed by atoms with van der Waals surface area (Å²) in [5.74, 6) is 0. The van der Waals surface area contributed by atoms with E-state index in [9.17, 15) is 4.79 Å². The summed E-state index contributed by atoms with van der Waals surface area (Å²) in [6.07, 6.45) is 2.74. The number of amides is 1. The molecular weight excluding hydrogens is 240 g/mol. The molecule has 0 radical (unpaired) electrons. The standard InChI is InChI=1S/C15H20N2O2/c1-2-12-6-3-4-7-13(12)17-11-15(19-14(17)18)8-5-9-16-10-15/h3-4,6-7,16H,2,5,8-11H2,1H3. The zero-order valence-electron chi connectivity index (χ0n) is 11.3. The molecule has 0 aromatic heterocycles. The highest BCUT2D eigenvalue weighted by Crippen LogP contribution is 2.34. The van der Waals surface area contributed by atoms with Gasteiger partial charge in [-0.05, 0) is 37.4 Å². The normalized spacial score (nSPS) is 26.8. The zero-order chi connectivity index (χ0) is 13.3. The summed E-state index contributed by atoms with van der Waals surface area (Å²) in [5.41, 5.74) is 1.87. The molecule has 0 aliphatic carbocycles. The number of ether oxygens (including phenoxy) is 1. The number of carbonyl (C=O) groups excluding carboxylic acids is 1. The van der Waals surface area contributed by atoms with Gasteiger partial charge in [-0.3, -0.25) is 4.90 Å². The lowest BCUT2D eigenvalue weighted by Gasteiger charge is -2.31. The maximum absolute atomic E-state index is 12.2. The van der Waals surface area contributed by atoms with Crippen LogP contribution in [0.1, 0.15) is 25.3 Å². The van der Waals surface area contributed by atoms with Gasteiger partial charge in [0.05, 0.1) is 12.2 Å². The van der Waals surface area contributed by atoms with E-state index in [0.29, 0.717) is 6.54 Å². The van der Waals surface area contributed by atoms with Crippen LogP contribution in [0.3, 0.4) is 0 Å². The van der Waals surface area contributed by atoms with Crippen molar-refractivity contribution in [3.63, 3.8) is 0 Å². The van der Waals surface area contributed by atoms with Gasteiger partial charge in [0.2, 0.25) is 0 Å². The number of para-hydroxylation sites is 1. The maximum atomic E-state index is 12.2. The summed E-state index contributed by atoms with van der Waals surface area (Å²) >= 11 is 0. The second kappa shape index (κ2) is 4.85. The Kier molecular flexibility index (Phi) is 3.19. The van der Waals surface area contributed by atoms with Crippen molar-refractivity contribution in [2.75, 3.05) is 24.5 Å². The second-order valence-electron chi connectivity index (χ2n) is 5.40. The Bertz CT molecular complexity index is 481. The van der Waals surface area contributed by atoms with E-state index >= 15 is 0 Å². The highest BCUT2D eigenvalue weighted by Gasteiger charge is 2.46. The summed E-state index contributed by atoms with van der Waals surface area (Å²) in [6.45, 7) is 4.56. The molecule has 2 aliphatic heterocycles. The van der Waals surface area contributed by atoms with Gasteiger partial charge in [0.15, 0.2) is 0 Å². The van der Waals surface area contributed by atoms with Crippen molar-refractivity contribution < 1.29 is 9.53 Å². The Labute approximate surface area is 113 Å². The summed E-state index contributed by atoms with van der Waals surface area (Å²) in [5, 5.41) is 3.33. The number of rotatable bonds is 2. The molecule has 4 heteroatoms. The number of hydrogen-bond acceptors (Lipinski definition) is 3. The second-order valence-corrected chi connectivity index (χ2v) is 5.40. The Morgan fingerprint density at radius 2 is 2.26 bits per heavy atom. The van der Waals surface area contributed by atoms with E-state index in [1.54, 1.807) is 4.90 Å². The number of nitrogens with one attached hydrogen (secondary N) is 1. The highest BCUT2D eigenvalue weighted by atomic mass is 16.6. The van der Waals surface area contributed by atoms with Gasteiger partial charge >= 0.3 is 6.09 Å². The molecule has 2 aliphatic rings. The van der Waals surface area contributed by atoms with E-state index in [2.05, 4.69) is 18.3 Å². The molecule has 2 heterocycles. The molecule has 0 saturated carbocycles. The molecule has 1 amide bonds. The Balaban J connectivity index is 1.87.